The van der Waals surface area contributed by atoms with Crippen molar-refractivity contribution in [2.24, 2.45) is 11.7 Å². The smallest absolute Gasteiger partial charge is 0.224 e. The number of carbonyl (C=O) groups is 1. The van der Waals surface area contributed by atoms with Crippen LogP contribution in [-0.2, 0) is 11.2 Å². The van der Waals surface area contributed by atoms with Gasteiger partial charge in [0.25, 0.3) is 0 Å². The van der Waals surface area contributed by atoms with Crippen molar-refractivity contribution in [3.63, 3.8) is 0 Å². The lowest BCUT2D eigenvalue weighted by Gasteiger charge is -2.28. The number of amides is 1. The van der Waals surface area contributed by atoms with E-state index in [-0.39, 0.29) is 18.0 Å². The highest BCUT2D eigenvalue weighted by atomic mass is 16.1. The zero-order valence-corrected chi connectivity index (χ0v) is 9.60. The van der Waals surface area contributed by atoms with Crippen LogP contribution in [-0.4, -0.2) is 18.6 Å². The van der Waals surface area contributed by atoms with Crippen LogP contribution in [0.15, 0.2) is 42.6 Å². The number of primary amides is 1. The minimum Gasteiger partial charge on any atom is -0.375 e. The molecule has 4 heteroatoms. The molecule has 0 aromatic heterocycles. The molecular formula is C13H17N3O. The third-order valence-corrected chi connectivity index (χ3v) is 2.92. The van der Waals surface area contributed by atoms with Gasteiger partial charge in [0.05, 0.1) is 12.1 Å². The fraction of sp³-hybridized carbons (Fsp3) is 0.308. The number of carbonyl (C=O) groups excluding carboxylic acids is 1. The number of rotatable bonds is 4. The van der Waals surface area contributed by atoms with E-state index in [1.807, 2.05) is 42.6 Å². The first-order chi connectivity index (χ1) is 8.27. The first-order valence-corrected chi connectivity index (χ1v) is 5.75. The van der Waals surface area contributed by atoms with Gasteiger partial charge in [0.2, 0.25) is 5.91 Å². The molecule has 0 fully saturated rings. The highest BCUT2D eigenvalue weighted by molar-refractivity contribution is 5.77. The summed E-state index contributed by atoms with van der Waals surface area (Å²) in [5.74, 6) is -0.531. The van der Waals surface area contributed by atoms with Gasteiger partial charge >= 0.3 is 0 Å². The Labute approximate surface area is 101 Å². The number of nitrogens with one attached hydrogen (secondary N) is 2. The third-order valence-electron chi connectivity index (χ3n) is 2.92. The molecule has 0 radical (unpaired) electrons. The first kappa shape index (κ1) is 11.7. The molecule has 0 bridgehead atoms. The highest BCUT2D eigenvalue weighted by Crippen LogP contribution is 2.12. The molecule has 1 aromatic carbocycles. The molecule has 1 heterocycles. The van der Waals surface area contributed by atoms with Gasteiger partial charge < -0.3 is 11.1 Å². The van der Waals surface area contributed by atoms with E-state index in [1.54, 1.807) is 0 Å². The zero-order valence-electron chi connectivity index (χ0n) is 9.60. The molecule has 1 aromatic rings. The second-order valence-electron chi connectivity index (χ2n) is 4.15. The second kappa shape index (κ2) is 5.50. The SMILES string of the molecule is NC(=O)C(Cc1ccccc1)C1NC=CCN1. The van der Waals surface area contributed by atoms with E-state index < -0.39 is 0 Å². The van der Waals surface area contributed by atoms with Crippen molar-refractivity contribution in [3.05, 3.63) is 48.2 Å². The van der Waals surface area contributed by atoms with Crippen LogP contribution < -0.4 is 16.4 Å². The van der Waals surface area contributed by atoms with E-state index in [9.17, 15) is 4.79 Å². The Morgan fingerprint density at radius 2 is 2.18 bits per heavy atom. The highest BCUT2D eigenvalue weighted by Gasteiger charge is 2.26. The molecule has 1 aliphatic heterocycles. The number of hydrogen-bond donors (Lipinski definition) is 3. The standard InChI is InChI=1S/C13H17N3O/c14-12(17)11(13-15-7-4-8-16-13)9-10-5-2-1-3-6-10/h1-7,11,13,15-16H,8-9H2,(H2,14,17). The number of hydrogen-bond acceptors (Lipinski definition) is 3. The van der Waals surface area contributed by atoms with E-state index in [1.165, 1.54) is 0 Å². The Balaban J connectivity index is 2.07. The fourth-order valence-electron chi connectivity index (χ4n) is 1.99. The molecule has 2 unspecified atom stereocenters. The van der Waals surface area contributed by atoms with Crippen molar-refractivity contribution >= 4 is 5.91 Å². The minimum atomic E-state index is -0.283. The summed E-state index contributed by atoms with van der Waals surface area (Å²) in [4.78, 5) is 11.5. The summed E-state index contributed by atoms with van der Waals surface area (Å²) < 4.78 is 0. The minimum absolute atomic E-state index is 0.0855. The molecule has 90 valence electrons. The van der Waals surface area contributed by atoms with Crippen LogP contribution >= 0.6 is 0 Å². The summed E-state index contributed by atoms with van der Waals surface area (Å²) in [6.45, 7) is 0.760. The lowest BCUT2D eigenvalue weighted by Crippen LogP contribution is -2.52. The van der Waals surface area contributed by atoms with Crippen molar-refractivity contribution in [2.75, 3.05) is 6.54 Å². The van der Waals surface area contributed by atoms with Crippen molar-refractivity contribution < 1.29 is 4.79 Å². The van der Waals surface area contributed by atoms with Gasteiger partial charge in [0.15, 0.2) is 0 Å². The van der Waals surface area contributed by atoms with Gasteiger partial charge in [-0.25, -0.2) is 0 Å². The Hall–Kier alpha value is -1.81. The van der Waals surface area contributed by atoms with Crippen LogP contribution in [0.3, 0.4) is 0 Å². The average Bonchev–Trinajstić information content (AvgIpc) is 2.38. The van der Waals surface area contributed by atoms with Crippen LogP contribution in [0.1, 0.15) is 5.56 Å². The maximum Gasteiger partial charge on any atom is 0.224 e. The molecule has 4 nitrogen and oxygen atoms in total. The summed E-state index contributed by atoms with van der Waals surface area (Å²) in [5, 5.41) is 6.35. The molecular weight excluding hydrogens is 214 g/mol. The molecule has 4 N–H and O–H groups in total. The van der Waals surface area contributed by atoms with Gasteiger partial charge in [-0.05, 0) is 18.2 Å². The predicted octanol–water partition coefficient (Wildman–Crippen LogP) is 0.363. The summed E-state index contributed by atoms with van der Waals surface area (Å²) in [5.41, 5.74) is 6.59. The normalized spacial score (nSPS) is 20.6. The lowest BCUT2D eigenvalue weighted by molar-refractivity contribution is -0.122. The third kappa shape index (κ3) is 3.07. The topological polar surface area (TPSA) is 67.2 Å². The molecule has 0 aliphatic carbocycles. The average molecular weight is 231 g/mol. The van der Waals surface area contributed by atoms with Crippen molar-refractivity contribution in [1.82, 2.24) is 10.6 Å². The van der Waals surface area contributed by atoms with Gasteiger partial charge in [-0.2, -0.15) is 0 Å². The maximum absolute atomic E-state index is 11.5. The summed E-state index contributed by atoms with van der Waals surface area (Å²) in [7, 11) is 0. The molecule has 2 atom stereocenters. The molecule has 0 spiro atoms. The zero-order chi connectivity index (χ0) is 12.1. The van der Waals surface area contributed by atoms with Gasteiger partial charge in [-0.15, -0.1) is 0 Å². The summed E-state index contributed by atoms with van der Waals surface area (Å²) >= 11 is 0. The quantitative estimate of drug-likeness (QED) is 0.701. The van der Waals surface area contributed by atoms with E-state index in [2.05, 4.69) is 10.6 Å². The van der Waals surface area contributed by atoms with Crippen molar-refractivity contribution in [2.45, 2.75) is 12.6 Å². The molecule has 0 saturated carbocycles. The van der Waals surface area contributed by atoms with Crippen LogP contribution in [0.25, 0.3) is 0 Å². The molecule has 1 amide bonds. The number of nitrogens with two attached hydrogens (primary N) is 1. The van der Waals surface area contributed by atoms with Crippen LogP contribution in [0.2, 0.25) is 0 Å². The van der Waals surface area contributed by atoms with Gasteiger partial charge in [0, 0.05) is 6.54 Å². The van der Waals surface area contributed by atoms with Crippen LogP contribution in [0, 0.1) is 5.92 Å². The molecule has 0 saturated heterocycles. The monoisotopic (exact) mass is 231 g/mol. The summed E-state index contributed by atoms with van der Waals surface area (Å²) in [6, 6.07) is 9.91. The summed E-state index contributed by atoms with van der Waals surface area (Å²) in [6.07, 6.45) is 4.39. The molecule has 1 aliphatic rings. The predicted molar refractivity (Wildman–Crippen MR) is 66.9 cm³/mol. The fourth-order valence-corrected chi connectivity index (χ4v) is 1.99. The first-order valence-electron chi connectivity index (χ1n) is 5.75. The van der Waals surface area contributed by atoms with Crippen LogP contribution in [0.4, 0.5) is 0 Å². The Bertz CT molecular complexity index is 402. The Morgan fingerprint density at radius 3 is 2.76 bits per heavy atom. The number of benzene rings is 1. The van der Waals surface area contributed by atoms with E-state index in [4.69, 9.17) is 5.73 Å². The van der Waals surface area contributed by atoms with Gasteiger partial charge in [-0.1, -0.05) is 36.4 Å². The van der Waals surface area contributed by atoms with E-state index >= 15 is 0 Å². The Kier molecular flexibility index (Phi) is 3.77. The Morgan fingerprint density at radius 1 is 1.41 bits per heavy atom. The van der Waals surface area contributed by atoms with Crippen molar-refractivity contribution in [1.29, 1.82) is 0 Å². The second-order valence-corrected chi connectivity index (χ2v) is 4.15. The maximum atomic E-state index is 11.5. The van der Waals surface area contributed by atoms with Gasteiger partial charge in [0.1, 0.15) is 0 Å². The van der Waals surface area contributed by atoms with Gasteiger partial charge in [-0.3, -0.25) is 10.1 Å². The molecule has 2 rings (SSSR count). The largest absolute Gasteiger partial charge is 0.375 e. The van der Waals surface area contributed by atoms with Crippen molar-refractivity contribution in [3.8, 4) is 0 Å². The lowest BCUT2D eigenvalue weighted by atomic mass is 9.95. The molecule has 17 heavy (non-hydrogen) atoms. The van der Waals surface area contributed by atoms with E-state index in [0.29, 0.717) is 6.42 Å². The van der Waals surface area contributed by atoms with Crippen LogP contribution in [0.5, 0.6) is 0 Å². The van der Waals surface area contributed by atoms with E-state index in [0.717, 1.165) is 12.1 Å².